The summed E-state index contributed by atoms with van der Waals surface area (Å²) in [6, 6.07) is 5.62. The monoisotopic (exact) mass is 148 g/mol. The predicted octanol–water partition coefficient (Wildman–Crippen LogP) is 0.620. The van der Waals surface area contributed by atoms with Crippen molar-refractivity contribution >= 4 is 11.3 Å². The molecule has 0 aromatic carbocycles. The second-order valence-electron chi connectivity index (χ2n) is 2.42. The van der Waals surface area contributed by atoms with E-state index in [1.165, 1.54) is 0 Å². The predicted molar refractivity (Wildman–Crippen MR) is 42.1 cm³/mol. The topological polar surface area (TPSA) is 56.2 Å². The number of fused-ring (bicyclic) bond motifs is 1. The summed E-state index contributed by atoms with van der Waals surface area (Å²) >= 11 is 0. The third-order valence-corrected chi connectivity index (χ3v) is 1.65. The van der Waals surface area contributed by atoms with Gasteiger partial charge in [-0.25, -0.2) is 0 Å². The first-order chi connectivity index (χ1) is 5.29. The van der Waals surface area contributed by atoms with Crippen molar-refractivity contribution in [2.75, 3.05) is 5.73 Å². The van der Waals surface area contributed by atoms with Crippen molar-refractivity contribution in [2.45, 2.75) is 6.92 Å². The third kappa shape index (κ3) is 0.756. The van der Waals surface area contributed by atoms with Crippen molar-refractivity contribution in [2.24, 2.45) is 0 Å². The molecule has 2 aromatic rings. The molecule has 2 rings (SSSR count). The van der Waals surface area contributed by atoms with Crippen LogP contribution < -0.4 is 5.73 Å². The number of hydrogen-bond acceptors (Lipinski definition) is 3. The van der Waals surface area contributed by atoms with E-state index < -0.39 is 0 Å². The summed E-state index contributed by atoms with van der Waals surface area (Å²) in [6.45, 7) is 1.90. The minimum Gasteiger partial charge on any atom is -0.384 e. The molecule has 0 saturated carbocycles. The summed E-state index contributed by atoms with van der Waals surface area (Å²) in [7, 11) is 0. The van der Waals surface area contributed by atoms with Crippen LogP contribution in [-0.2, 0) is 0 Å². The van der Waals surface area contributed by atoms with E-state index in [-0.39, 0.29) is 0 Å². The average molecular weight is 148 g/mol. The van der Waals surface area contributed by atoms with Gasteiger partial charge in [0.1, 0.15) is 5.82 Å². The van der Waals surface area contributed by atoms with Gasteiger partial charge in [0.05, 0.1) is 11.2 Å². The van der Waals surface area contributed by atoms with Crippen LogP contribution in [0.2, 0.25) is 0 Å². The Labute approximate surface area is 63.6 Å². The Morgan fingerprint density at radius 1 is 1.45 bits per heavy atom. The van der Waals surface area contributed by atoms with Crippen molar-refractivity contribution in [3.05, 3.63) is 23.9 Å². The van der Waals surface area contributed by atoms with Crippen LogP contribution >= 0.6 is 0 Å². The summed E-state index contributed by atoms with van der Waals surface area (Å²) in [4.78, 5) is 0. The summed E-state index contributed by atoms with van der Waals surface area (Å²) in [5, 5.41) is 7.75. The van der Waals surface area contributed by atoms with E-state index in [1.807, 2.05) is 19.1 Å². The molecule has 2 aromatic heterocycles. The van der Waals surface area contributed by atoms with Crippen molar-refractivity contribution in [3.8, 4) is 0 Å². The van der Waals surface area contributed by atoms with Crippen LogP contribution in [0.5, 0.6) is 0 Å². The second kappa shape index (κ2) is 1.95. The molecule has 56 valence electrons. The van der Waals surface area contributed by atoms with Gasteiger partial charge < -0.3 is 5.73 Å². The zero-order valence-electron chi connectivity index (χ0n) is 6.15. The molecule has 0 amide bonds. The molecule has 0 aliphatic carbocycles. The Bertz CT molecular complexity index is 390. The lowest BCUT2D eigenvalue weighted by atomic mass is 10.3. The maximum Gasteiger partial charge on any atom is 0.127 e. The van der Waals surface area contributed by atoms with Gasteiger partial charge >= 0.3 is 0 Å². The molecule has 0 aliphatic rings. The van der Waals surface area contributed by atoms with Crippen LogP contribution in [0.4, 0.5) is 5.82 Å². The van der Waals surface area contributed by atoms with Gasteiger partial charge in [-0.1, -0.05) is 11.3 Å². The molecule has 0 aliphatic heterocycles. The summed E-state index contributed by atoms with van der Waals surface area (Å²) in [6.07, 6.45) is 0. The molecule has 11 heavy (non-hydrogen) atoms. The van der Waals surface area contributed by atoms with Crippen molar-refractivity contribution in [1.29, 1.82) is 0 Å². The van der Waals surface area contributed by atoms with Crippen LogP contribution in [0.1, 0.15) is 5.69 Å². The molecule has 0 fully saturated rings. The Morgan fingerprint density at radius 3 is 3.00 bits per heavy atom. The van der Waals surface area contributed by atoms with E-state index in [4.69, 9.17) is 5.73 Å². The molecule has 0 bridgehead atoms. The number of rotatable bonds is 0. The van der Waals surface area contributed by atoms with Crippen molar-refractivity contribution in [3.63, 3.8) is 0 Å². The molecule has 0 radical (unpaired) electrons. The van der Waals surface area contributed by atoms with Gasteiger partial charge in [-0.05, 0) is 19.1 Å². The first-order valence-electron chi connectivity index (χ1n) is 3.35. The molecule has 4 nitrogen and oxygen atoms in total. The first kappa shape index (κ1) is 6.15. The molecular formula is C7H8N4. The van der Waals surface area contributed by atoms with Crippen molar-refractivity contribution in [1.82, 2.24) is 14.8 Å². The number of nitrogen functional groups attached to an aromatic ring is 1. The molecule has 2 N–H and O–H groups in total. The standard InChI is InChI=1S/C7H8N4/c1-5-6-3-2-4-7(8)11(6)10-9-5/h2-4H,8H2,1H3. The number of nitrogens with zero attached hydrogens (tertiary/aromatic N) is 3. The molecule has 4 heteroatoms. The molecule has 0 unspecified atom stereocenters. The Hall–Kier alpha value is -1.58. The molecule has 0 atom stereocenters. The maximum absolute atomic E-state index is 5.63. The Balaban J connectivity index is 2.94. The lowest BCUT2D eigenvalue weighted by molar-refractivity contribution is 0.858. The zero-order chi connectivity index (χ0) is 7.84. The number of hydrogen-bond donors (Lipinski definition) is 1. The van der Waals surface area contributed by atoms with E-state index in [2.05, 4.69) is 10.3 Å². The molecular weight excluding hydrogens is 140 g/mol. The van der Waals surface area contributed by atoms with Gasteiger partial charge in [-0.15, -0.1) is 5.10 Å². The SMILES string of the molecule is Cc1nnn2c(N)cccc12. The van der Waals surface area contributed by atoms with Crippen LogP contribution in [0.3, 0.4) is 0 Å². The molecule has 0 spiro atoms. The van der Waals surface area contributed by atoms with E-state index in [0.29, 0.717) is 5.82 Å². The highest BCUT2D eigenvalue weighted by Gasteiger charge is 2.00. The van der Waals surface area contributed by atoms with E-state index >= 15 is 0 Å². The fourth-order valence-electron chi connectivity index (χ4n) is 1.05. The van der Waals surface area contributed by atoms with Gasteiger partial charge in [0, 0.05) is 0 Å². The highest BCUT2D eigenvalue weighted by molar-refractivity contribution is 5.54. The number of aryl methyl sites for hydroxylation is 1. The normalized spacial score (nSPS) is 10.6. The summed E-state index contributed by atoms with van der Waals surface area (Å²) < 4.78 is 1.62. The zero-order valence-corrected chi connectivity index (χ0v) is 6.15. The maximum atomic E-state index is 5.63. The Kier molecular flexibility index (Phi) is 1.09. The van der Waals surface area contributed by atoms with Crippen LogP contribution in [0.15, 0.2) is 18.2 Å². The largest absolute Gasteiger partial charge is 0.384 e. The van der Waals surface area contributed by atoms with Gasteiger partial charge in [0.2, 0.25) is 0 Å². The quantitative estimate of drug-likeness (QED) is 0.595. The fraction of sp³-hybridized carbons (Fsp3) is 0.143. The minimum atomic E-state index is 0.614. The molecule has 0 saturated heterocycles. The number of pyridine rings is 1. The lowest BCUT2D eigenvalue weighted by Crippen LogP contribution is -1.96. The van der Waals surface area contributed by atoms with Gasteiger partial charge in [-0.2, -0.15) is 4.52 Å². The smallest absolute Gasteiger partial charge is 0.127 e. The van der Waals surface area contributed by atoms with Crippen LogP contribution in [-0.4, -0.2) is 14.8 Å². The van der Waals surface area contributed by atoms with Gasteiger partial charge in [0.25, 0.3) is 0 Å². The molecule has 2 heterocycles. The van der Waals surface area contributed by atoms with Gasteiger partial charge in [-0.3, -0.25) is 0 Å². The van der Waals surface area contributed by atoms with Gasteiger partial charge in [0.15, 0.2) is 0 Å². The third-order valence-electron chi connectivity index (χ3n) is 1.65. The fourth-order valence-corrected chi connectivity index (χ4v) is 1.05. The Morgan fingerprint density at radius 2 is 2.27 bits per heavy atom. The van der Waals surface area contributed by atoms with E-state index in [9.17, 15) is 0 Å². The summed E-state index contributed by atoms with van der Waals surface area (Å²) in [5.41, 5.74) is 7.49. The van der Waals surface area contributed by atoms with Crippen LogP contribution in [0.25, 0.3) is 5.52 Å². The summed E-state index contributed by atoms with van der Waals surface area (Å²) in [5.74, 6) is 0.614. The van der Waals surface area contributed by atoms with Crippen LogP contribution in [0, 0.1) is 6.92 Å². The number of anilines is 1. The highest BCUT2D eigenvalue weighted by atomic mass is 15.4. The minimum absolute atomic E-state index is 0.614. The number of nitrogens with two attached hydrogens (primary N) is 1. The van der Waals surface area contributed by atoms with Crippen molar-refractivity contribution < 1.29 is 0 Å². The van der Waals surface area contributed by atoms with E-state index in [0.717, 1.165) is 11.2 Å². The average Bonchev–Trinajstić information content (AvgIpc) is 2.35. The first-order valence-corrected chi connectivity index (χ1v) is 3.35. The lowest BCUT2D eigenvalue weighted by Gasteiger charge is -1.94. The highest BCUT2D eigenvalue weighted by Crippen LogP contribution is 2.09. The second-order valence-corrected chi connectivity index (χ2v) is 2.42. The van der Waals surface area contributed by atoms with E-state index in [1.54, 1.807) is 10.6 Å². The number of aromatic nitrogens is 3.